The van der Waals surface area contributed by atoms with Gasteiger partial charge in [0.25, 0.3) is 5.91 Å². The van der Waals surface area contributed by atoms with Gasteiger partial charge in [-0.2, -0.15) is 0 Å². The van der Waals surface area contributed by atoms with Crippen molar-refractivity contribution in [2.75, 3.05) is 5.75 Å². The zero-order chi connectivity index (χ0) is 18.1. The quantitative estimate of drug-likeness (QED) is 0.733. The lowest BCUT2D eigenvalue weighted by Crippen LogP contribution is -2.46. The van der Waals surface area contributed by atoms with Crippen LogP contribution in [-0.4, -0.2) is 27.3 Å². The Morgan fingerprint density at radius 1 is 1.19 bits per heavy atom. The summed E-state index contributed by atoms with van der Waals surface area (Å²) in [7, 11) is 0. The van der Waals surface area contributed by atoms with Crippen LogP contribution < -0.4 is 0 Å². The van der Waals surface area contributed by atoms with Crippen LogP contribution in [0.4, 0.5) is 0 Å². The highest BCUT2D eigenvalue weighted by molar-refractivity contribution is 8.14. The summed E-state index contributed by atoms with van der Waals surface area (Å²) in [6, 6.07) is 12.4. The fraction of sp³-hybridized carbons (Fsp3) is 0.429. The van der Waals surface area contributed by atoms with Gasteiger partial charge in [0.05, 0.1) is 17.0 Å². The topological polar surface area (TPSA) is 32.7 Å². The zero-order valence-corrected chi connectivity index (χ0v) is 17.0. The second-order valence-corrected chi connectivity index (χ2v) is 9.67. The molecule has 0 radical (unpaired) electrons. The molecule has 1 aliphatic carbocycles. The SMILES string of the molecule is CC1(C)CSC(=NCc2ccccc2)N1C(=O)c1cc2c(s1)CCCC2. The number of aryl methyl sites for hydroxylation is 2. The van der Waals surface area contributed by atoms with Crippen molar-refractivity contribution < 1.29 is 4.79 Å². The summed E-state index contributed by atoms with van der Waals surface area (Å²) in [5, 5.41) is 0.857. The predicted molar refractivity (Wildman–Crippen MR) is 111 cm³/mol. The molecule has 1 saturated heterocycles. The number of aliphatic imine (C=N–C) groups is 1. The number of amides is 1. The lowest BCUT2D eigenvalue weighted by molar-refractivity contribution is 0.0771. The maximum atomic E-state index is 13.3. The van der Waals surface area contributed by atoms with E-state index in [-0.39, 0.29) is 11.4 Å². The number of rotatable bonds is 3. The first kappa shape index (κ1) is 17.8. The van der Waals surface area contributed by atoms with Crippen molar-refractivity contribution >= 4 is 34.2 Å². The van der Waals surface area contributed by atoms with Gasteiger partial charge in [0.2, 0.25) is 0 Å². The van der Waals surface area contributed by atoms with Crippen LogP contribution in [0.15, 0.2) is 41.4 Å². The van der Waals surface area contributed by atoms with Crippen LogP contribution >= 0.6 is 23.1 Å². The Bertz CT molecular complexity index is 815. The number of hydrogen-bond acceptors (Lipinski definition) is 4. The monoisotopic (exact) mass is 384 g/mol. The van der Waals surface area contributed by atoms with Crippen LogP contribution in [0.2, 0.25) is 0 Å². The fourth-order valence-electron chi connectivity index (χ4n) is 3.56. The minimum Gasteiger partial charge on any atom is -0.280 e. The summed E-state index contributed by atoms with van der Waals surface area (Å²) >= 11 is 3.39. The van der Waals surface area contributed by atoms with Gasteiger partial charge in [-0.3, -0.25) is 14.7 Å². The summed E-state index contributed by atoms with van der Waals surface area (Å²) in [6.07, 6.45) is 4.73. The first-order chi connectivity index (χ1) is 12.5. The van der Waals surface area contributed by atoms with E-state index in [2.05, 4.69) is 32.0 Å². The van der Waals surface area contributed by atoms with E-state index in [1.807, 2.05) is 23.1 Å². The van der Waals surface area contributed by atoms with E-state index in [1.54, 1.807) is 23.1 Å². The molecule has 0 spiro atoms. The third-order valence-corrected chi connectivity index (χ3v) is 7.65. The largest absolute Gasteiger partial charge is 0.280 e. The van der Waals surface area contributed by atoms with Gasteiger partial charge < -0.3 is 0 Å². The Morgan fingerprint density at radius 2 is 1.96 bits per heavy atom. The van der Waals surface area contributed by atoms with Gasteiger partial charge in [-0.15, -0.1) is 11.3 Å². The van der Waals surface area contributed by atoms with E-state index in [0.29, 0.717) is 6.54 Å². The first-order valence-corrected chi connectivity index (χ1v) is 11.0. The van der Waals surface area contributed by atoms with Gasteiger partial charge in [-0.25, -0.2) is 0 Å². The second kappa shape index (κ2) is 7.20. The molecule has 2 heterocycles. The maximum absolute atomic E-state index is 13.3. The highest BCUT2D eigenvalue weighted by Crippen LogP contribution is 2.37. The summed E-state index contributed by atoms with van der Waals surface area (Å²) in [4.78, 5) is 22.3. The van der Waals surface area contributed by atoms with Crippen LogP contribution in [0.1, 0.15) is 52.4 Å². The van der Waals surface area contributed by atoms with Crippen LogP contribution in [-0.2, 0) is 19.4 Å². The molecular formula is C21H24N2OS2. The average molecular weight is 385 g/mol. The lowest BCUT2D eigenvalue weighted by Gasteiger charge is -2.30. The number of benzene rings is 1. The number of fused-ring (bicyclic) bond motifs is 1. The maximum Gasteiger partial charge on any atom is 0.270 e. The number of nitrogens with zero attached hydrogens (tertiary/aromatic N) is 2. The van der Waals surface area contributed by atoms with Crippen LogP contribution in [0, 0.1) is 0 Å². The number of carbonyl (C=O) groups is 1. The highest BCUT2D eigenvalue weighted by Gasteiger charge is 2.42. The molecule has 1 amide bonds. The Morgan fingerprint density at radius 3 is 2.73 bits per heavy atom. The van der Waals surface area contributed by atoms with E-state index in [0.717, 1.165) is 28.6 Å². The Balaban J connectivity index is 1.60. The molecule has 136 valence electrons. The van der Waals surface area contributed by atoms with Crippen molar-refractivity contribution in [3.63, 3.8) is 0 Å². The first-order valence-electron chi connectivity index (χ1n) is 9.22. The molecule has 1 fully saturated rings. The van der Waals surface area contributed by atoms with E-state index in [1.165, 1.54) is 28.8 Å². The minimum absolute atomic E-state index is 0.117. The molecule has 4 rings (SSSR count). The van der Waals surface area contributed by atoms with Gasteiger partial charge in [-0.05, 0) is 56.7 Å². The van der Waals surface area contributed by atoms with Crippen molar-refractivity contribution in [1.82, 2.24) is 4.90 Å². The molecular weight excluding hydrogens is 360 g/mol. The molecule has 1 aromatic carbocycles. The number of carbonyl (C=O) groups excluding carboxylic acids is 1. The second-order valence-electron chi connectivity index (χ2n) is 7.59. The van der Waals surface area contributed by atoms with Crippen molar-refractivity contribution in [3.05, 3.63) is 57.3 Å². The minimum atomic E-state index is -0.207. The number of thioether (sulfide) groups is 1. The third-order valence-electron chi connectivity index (χ3n) is 5.00. The summed E-state index contributed by atoms with van der Waals surface area (Å²) < 4.78 is 0. The third kappa shape index (κ3) is 3.47. The van der Waals surface area contributed by atoms with Crippen molar-refractivity contribution in [2.24, 2.45) is 4.99 Å². The smallest absolute Gasteiger partial charge is 0.270 e. The Hall–Kier alpha value is -1.59. The molecule has 0 atom stereocenters. The van der Waals surface area contributed by atoms with Crippen LogP contribution in [0.5, 0.6) is 0 Å². The standard InChI is InChI=1S/C21H24N2OS2/c1-21(2)14-25-20(22-13-15-8-4-3-5-9-15)23(21)19(24)18-12-16-10-6-7-11-17(16)26-18/h3-5,8-9,12H,6-7,10-11,13-14H2,1-2H3. The molecule has 26 heavy (non-hydrogen) atoms. The summed E-state index contributed by atoms with van der Waals surface area (Å²) in [5.74, 6) is 1.00. The van der Waals surface area contributed by atoms with Gasteiger partial charge in [0.15, 0.2) is 5.17 Å². The molecule has 1 aromatic heterocycles. The molecule has 5 heteroatoms. The van der Waals surface area contributed by atoms with Gasteiger partial charge >= 0.3 is 0 Å². The van der Waals surface area contributed by atoms with E-state index < -0.39 is 0 Å². The number of thiophene rings is 1. The van der Waals surface area contributed by atoms with E-state index >= 15 is 0 Å². The van der Waals surface area contributed by atoms with Gasteiger partial charge in [0.1, 0.15) is 0 Å². The molecule has 0 N–H and O–H groups in total. The zero-order valence-electron chi connectivity index (χ0n) is 15.3. The fourth-order valence-corrected chi connectivity index (χ4v) is 5.97. The van der Waals surface area contributed by atoms with Crippen molar-refractivity contribution in [2.45, 2.75) is 51.6 Å². The summed E-state index contributed by atoms with van der Waals surface area (Å²) in [6.45, 7) is 4.89. The normalized spacial score (nSPS) is 20.4. The molecule has 2 aliphatic rings. The lowest BCUT2D eigenvalue weighted by atomic mass is 9.99. The molecule has 0 unspecified atom stereocenters. The number of hydrogen-bond donors (Lipinski definition) is 0. The Kier molecular flexibility index (Phi) is 4.93. The van der Waals surface area contributed by atoms with E-state index in [4.69, 9.17) is 4.99 Å². The molecule has 3 nitrogen and oxygen atoms in total. The van der Waals surface area contributed by atoms with Crippen molar-refractivity contribution in [3.8, 4) is 0 Å². The molecule has 2 aromatic rings. The van der Waals surface area contributed by atoms with Gasteiger partial charge in [-0.1, -0.05) is 42.1 Å². The van der Waals surface area contributed by atoms with Crippen LogP contribution in [0.25, 0.3) is 0 Å². The van der Waals surface area contributed by atoms with Gasteiger partial charge in [0, 0.05) is 10.6 Å². The molecule has 0 saturated carbocycles. The highest BCUT2D eigenvalue weighted by atomic mass is 32.2. The van der Waals surface area contributed by atoms with E-state index in [9.17, 15) is 4.79 Å². The molecule has 1 aliphatic heterocycles. The molecule has 0 bridgehead atoms. The van der Waals surface area contributed by atoms with Crippen molar-refractivity contribution in [1.29, 1.82) is 0 Å². The van der Waals surface area contributed by atoms with Crippen LogP contribution in [0.3, 0.4) is 0 Å². The Labute approximate surface area is 163 Å². The summed E-state index contributed by atoms with van der Waals surface area (Å²) in [5.41, 5.74) is 2.35. The number of amidine groups is 1. The predicted octanol–water partition coefficient (Wildman–Crippen LogP) is 5.15. The average Bonchev–Trinajstić information content (AvgIpc) is 3.21.